The number of benzene rings is 3. The summed E-state index contributed by atoms with van der Waals surface area (Å²) in [4.78, 5) is 0. The SMILES string of the molecule is CCCCCCCC1CC=C(c2ccc(-c3ccc(-c4ccc(OCCCCC)c(F)c4F)cc3)cc2F)CC1. The Balaban J connectivity index is 1.39. The molecular weight excluding hydrogens is 505 g/mol. The first kappa shape index (κ1) is 30.0. The Morgan fingerprint density at radius 2 is 1.38 bits per heavy atom. The lowest BCUT2D eigenvalue weighted by Crippen LogP contribution is -2.06. The first-order valence-corrected chi connectivity index (χ1v) is 15.2. The molecule has 4 rings (SSSR count). The highest BCUT2D eigenvalue weighted by molar-refractivity contribution is 5.74. The average molecular weight is 549 g/mol. The molecule has 0 heterocycles. The fraction of sp³-hybridized carbons (Fsp3) is 0.444. The summed E-state index contributed by atoms with van der Waals surface area (Å²) in [7, 11) is 0. The molecule has 40 heavy (non-hydrogen) atoms. The summed E-state index contributed by atoms with van der Waals surface area (Å²) in [5.41, 5.74) is 4.12. The van der Waals surface area contributed by atoms with Crippen LogP contribution in [0.5, 0.6) is 5.75 Å². The van der Waals surface area contributed by atoms with Crippen molar-refractivity contribution in [1.82, 2.24) is 0 Å². The fourth-order valence-electron chi connectivity index (χ4n) is 5.63. The highest BCUT2D eigenvalue weighted by atomic mass is 19.2. The van der Waals surface area contributed by atoms with Crippen LogP contribution in [-0.2, 0) is 0 Å². The van der Waals surface area contributed by atoms with Crippen molar-refractivity contribution in [1.29, 1.82) is 0 Å². The third-order valence-electron chi connectivity index (χ3n) is 8.13. The Hall–Kier alpha value is -3.01. The molecule has 3 aromatic carbocycles. The summed E-state index contributed by atoms with van der Waals surface area (Å²) in [6, 6.07) is 15.6. The van der Waals surface area contributed by atoms with Gasteiger partial charge in [-0.05, 0) is 72.1 Å². The monoisotopic (exact) mass is 548 g/mol. The van der Waals surface area contributed by atoms with Crippen molar-refractivity contribution in [2.45, 2.75) is 90.9 Å². The second kappa shape index (κ2) is 15.1. The van der Waals surface area contributed by atoms with Crippen LogP contribution in [0.4, 0.5) is 13.2 Å². The number of unbranched alkanes of at least 4 members (excludes halogenated alkanes) is 6. The molecule has 0 bridgehead atoms. The van der Waals surface area contributed by atoms with Gasteiger partial charge in [0.05, 0.1) is 6.61 Å². The van der Waals surface area contributed by atoms with Crippen molar-refractivity contribution >= 4 is 5.57 Å². The van der Waals surface area contributed by atoms with Gasteiger partial charge in [0.1, 0.15) is 5.82 Å². The minimum Gasteiger partial charge on any atom is -0.490 e. The lowest BCUT2D eigenvalue weighted by molar-refractivity contribution is 0.286. The summed E-state index contributed by atoms with van der Waals surface area (Å²) in [5, 5.41) is 0. The van der Waals surface area contributed by atoms with E-state index in [4.69, 9.17) is 4.74 Å². The van der Waals surface area contributed by atoms with E-state index >= 15 is 4.39 Å². The maximum atomic E-state index is 15.2. The van der Waals surface area contributed by atoms with Gasteiger partial charge in [0, 0.05) is 11.1 Å². The van der Waals surface area contributed by atoms with Crippen LogP contribution in [0, 0.1) is 23.4 Å². The van der Waals surface area contributed by atoms with Crippen molar-refractivity contribution in [3.8, 4) is 28.0 Å². The van der Waals surface area contributed by atoms with Crippen LogP contribution in [0.2, 0.25) is 0 Å². The molecule has 3 aromatic rings. The number of hydrogen-bond donors (Lipinski definition) is 0. The van der Waals surface area contributed by atoms with Gasteiger partial charge >= 0.3 is 0 Å². The number of allylic oxidation sites excluding steroid dienone is 2. The second-order valence-electron chi connectivity index (χ2n) is 11.1. The molecule has 0 saturated heterocycles. The molecule has 1 atom stereocenters. The number of hydrogen-bond acceptors (Lipinski definition) is 1. The van der Waals surface area contributed by atoms with E-state index in [1.807, 2.05) is 24.3 Å². The summed E-state index contributed by atoms with van der Waals surface area (Å²) >= 11 is 0. The molecule has 0 saturated carbocycles. The third kappa shape index (κ3) is 7.80. The lowest BCUT2D eigenvalue weighted by atomic mass is 9.83. The van der Waals surface area contributed by atoms with Gasteiger partial charge in [-0.2, -0.15) is 4.39 Å². The van der Waals surface area contributed by atoms with Gasteiger partial charge < -0.3 is 4.74 Å². The van der Waals surface area contributed by atoms with Crippen molar-refractivity contribution < 1.29 is 17.9 Å². The van der Waals surface area contributed by atoms with Crippen molar-refractivity contribution in [2.24, 2.45) is 5.92 Å². The number of ether oxygens (including phenoxy) is 1. The lowest BCUT2D eigenvalue weighted by Gasteiger charge is -2.22. The van der Waals surface area contributed by atoms with E-state index in [2.05, 4.69) is 19.9 Å². The molecule has 214 valence electrons. The topological polar surface area (TPSA) is 9.23 Å². The molecule has 0 N–H and O–H groups in total. The van der Waals surface area contributed by atoms with Gasteiger partial charge in [0.2, 0.25) is 5.82 Å². The molecule has 0 radical (unpaired) electrons. The maximum Gasteiger partial charge on any atom is 0.201 e. The molecule has 0 aliphatic heterocycles. The minimum absolute atomic E-state index is 0.0597. The molecular formula is C36H43F3O. The first-order chi connectivity index (χ1) is 19.5. The van der Waals surface area contributed by atoms with E-state index in [0.717, 1.165) is 61.1 Å². The summed E-state index contributed by atoms with van der Waals surface area (Å²) in [6.07, 6.45) is 16.0. The zero-order valence-corrected chi connectivity index (χ0v) is 24.1. The van der Waals surface area contributed by atoms with Gasteiger partial charge in [-0.1, -0.05) is 108 Å². The van der Waals surface area contributed by atoms with Gasteiger partial charge in [0.25, 0.3) is 0 Å². The molecule has 0 amide bonds. The van der Waals surface area contributed by atoms with Crippen molar-refractivity contribution in [3.05, 3.63) is 83.7 Å². The summed E-state index contributed by atoms with van der Waals surface area (Å²) < 4.78 is 50.1. The van der Waals surface area contributed by atoms with E-state index < -0.39 is 11.6 Å². The van der Waals surface area contributed by atoms with Gasteiger partial charge in [-0.25, -0.2) is 8.78 Å². The van der Waals surface area contributed by atoms with Gasteiger partial charge in [0.15, 0.2) is 11.6 Å². The first-order valence-electron chi connectivity index (χ1n) is 15.2. The van der Waals surface area contributed by atoms with Crippen LogP contribution in [0.3, 0.4) is 0 Å². The molecule has 0 aromatic heterocycles. The van der Waals surface area contributed by atoms with E-state index in [-0.39, 0.29) is 17.1 Å². The van der Waals surface area contributed by atoms with Crippen LogP contribution in [0.15, 0.2) is 60.7 Å². The average Bonchev–Trinajstić information content (AvgIpc) is 2.98. The van der Waals surface area contributed by atoms with E-state index in [1.54, 1.807) is 24.3 Å². The zero-order chi connectivity index (χ0) is 28.3. The molecule has 0 spiro atoms. The third-order valence-corrected chi connectivity index (χ3v) is 8.13. The van der Waals surface area contributed by atoms with Crippen LogP contribution in [0.1, 0.15) is 96.5 Å². The van der Waals surface area contributed by atoms with Crippen LogP contribution in [-0.4, -0.2) is 6.61 Å². The zero-order valence-electron chi connectivity index (χ0n) is 24.1. The largest absolute Gasteiger partial charge is 0.490 e. The summed E-state index contributed by atoms with van der Waals surface area (Å²) in [5.74, 6) is -1.44. The smallest absolute Gasteiger partial charge is 0.201 e. The number of rotatable bonds is 14. The molecule has 1 aliphatic rings. The fourth-order valence-corrected chi connectivity index (χ4v) is 5.63. The van der Waals surface area contributed by atoms with Gasteiger partial charge in [-0.3, -0.25) is 0 Å². The quantitative estimate of drug-likeness (QED) is 0.182. The Morgan fingerprint density at radius 3 is 2.08 bits per heavy atom. The van der Waals surface area contributed by atoms with Crippen molar-refractivity contribution in [2.75, 3.05) is 6.61 Å². The Bertz CT molecular complexity index is 1260. The predicted molar refractivity (Wildman–Crippen MR) is 161 cm³/mol. The normalized spacial score (nSPS) is 15.2. The Kier molecular flexibility index (Phi) is 11.3. The highest BCUT2D eigenvalue weighted by Crippen LogP contribution is 2.36. The standard InChI is InChI=1S/C36H43F3O/c1-3-5-7-8-9-11-26-12-14-28(15-13-26)31-21-20-30(25-33(31)37)27-16-18-29(19-17-27)32-22-23-34(36(39)35(32)38)40-24-10-6-4-2/h14,16-23,25-26H,3-13,15,24H2,1-2H3. The van der Waals surface area contributed by atoms with Crippen LogP contribution >= 0.6 is 0 Å². The van der Waals surface area contributed by atoms with Crippen LogP contribution in [0.25, 0.3) is 27.8 Å². The maximum absolute atomic E-state index is 15.2. The molecule has 4 heteroatoms. The molecule has 1 nitrogen and oxygen atoms in total. The van der Waals surface area contributed by atoms with E-state index in [1.165, 1.54) is 44.6 Å². The molecule has 1 unspecified atom stereocenters. The molecule has 1 aliphatic carbocycles. The Morgan fingerprint density at radius 1 is 0.700 bits per heavy atom. The minimum atomic E-state index is -0.967. The van der Waals surface area contributed by atoms with Crippen LogP contribution < -0.4 is 4.74 Å². The van der Waals surface area contributed by atoms with Gasteiger partial charge in [-0.15, -0.1) is 0 Å². The van der Waals surface area contributed by atoms with E-state index in [9.17, 15) is 8.78 Å². The highest BCUT2D eigenvalue weighted by Gasteiger charge is 2.19. The number of halogens is 3. The predicted octanol–water partition coefficient (Wildman–Crippen LogP) is 11.6. The van der Waals surface area contributed by atoms with E-state index in [0.29, 0.717) is 17.7 Å². The summed E-state index contributed by atoms with van der Waals surface area (Å²) in [6.45, 7) is 4.68. The molecule has 0 fully saturated rings. The second-order valence-corrected chi connectivity index (χ2v) is 11.1. The Labute approximate surface area is 238 Å². The van der Waals surface area contributed by atoms with Crippen molar-refractivity contribution in [3.63, 3.8) is 0 Å².